The second-order valence-corrected chi connectivity index (χ2v) is 26.1. The summed E-state index contributed by atoms with van der Waals surface area (Å²) in [5, 5.41) is 49.9. The lowest BCUT2D eigenvalue weighted by Crippen LogP contribution is -2.63. The van der Waals surface area contributed by atoms with E-state index in [1.54, 1.807) is 90.0 Å². The Balaban J connectivity index is 3.40. The number of carboxylic acids is 1. The van der Waals surface area contributed by atoms with Crippen molar-refractivity contribution in [3.8, 4) is 0 Å². The van der Waals surface area contributed by atoms with Gasteiger partial charge in [0.15, 0.2) is 0 Å². The van der Waals surface area contributed by atoms with Crippen LogP contribution in [0.3, 0.4) is 0 Å². The lowest BCUT2D eigenvalue weighted by molar-refractivity contribution is -0.144. The summed E-state index contributed by atoms with van der Waals surface area (Å²) in [5.41, 5.74) is 11.3. The second kappa shape index (κ2) is 43.9. The van der Waals surface area contributed by atoms with Gasteiger partial charge in [0.2, 0.25) is 70.9 Å². The number of carbonyl (C=O) groups excluding carboxylic acids is 12. The molecule has 544 valence electrons. The first-order valence-corrected chi connectivity index (χ1v) is 34.6. The van der Waals surface area contributed by atoms with Crippen molar-refractivity contribution in [1.29, 1.82) is 0 Å². The first-order valence-electron chi connectivity index (χ1n) is 34.6. The van der Waals surface area contributed by atoms with Crippen LogP contribution in [-0.4, -0.2) is 191 Å². The van der Waals surface area contributed by atoms with Gasteiger partial charge in [-0.05, 0) is 86.0 Å². The van der Waals surface area contributed by atoms with Crippen molar-refractivity contribution in [2.45, 2.75) is 261 Å². The summed E-state index contributed by atoms with van der Waals surface area (Å²) in [6, 6.07) is -13.5. The maximum Gasteiger partial charge on any atom is 0.326 e. The van der Waals surface area contributed by atoms with Gasteiger partial charge in [0.05, 0.1) is 19.7 Å². The van der Waals surface area contributed by atoms with Crippen LogP contribution in [-0.2, 0) is 62.3 Å². The highest BCUT2D eigenvalue weighted by Gasteiger charge is 2.43. The van der Waals surface area contributed by atoms with Gasteiger partial charge in [0.1, 0.15) is 66.5 Å². The Hall–Kier alpha value is -7.01. The Kier molecular flexibility index (Phi) is 39.8. The topological polar surface area (TPSA) is 450 Å². The molecule has 0 spiro atoms. The van der Waals surface area contributed by atoms with Crippen LogP contribution < -0.4 is 70.0 Å². The number of unbranched alkanes of at least 4 members (excludes halogenated alkanes) is 1. The molecule has 1 heterocycles. The highest BCUT2D eigenvalue weighted by atomic mass is 16.4. The predicted molar refractivity (Wildman–Crippen MR) is 359 cm³/mol. The molecular weight excluding hydrogens is 1230 g/mol. The molecule has 0 unspecified atom stereocenters. The molecular formula is C66H120N14O15. The summed E-state index contributed by atoms with van der Waals surface area (Å²) in [5.74, 6) is -13.6. The molecule has 1 aliphatic rings. The van der Waals surface area contributed by atoms with E-state index in [4.69, 9.17) is 11.5 Å². The molecule has 1 fully saturated rings. The summed E-state index contributed by atoms with van der Waals surface area (Å²) in [6.45, 7) is 26.7. The number of carbonyl (C=O) groups is 13. The van der Waals surface area contributed by atoms with Gasteiger partial charge in [0.25, 0.3) is 0 Å². The van der Waals surface area contributed by atoms with Gasteiger partial charge in [-0.1, -0.05) is 162 Å². The van der Waals surface area contributed by atoms with E-state index in [1.165, 1.54) is 4.90 Å². The smallest absolute Gasteiger partial charge is 0.326 e. The Bertz CT molecular complexity index is 2530. The van der Waals surface area contributed by atoms with Crippen LogP contribution in [0.4, 0.5) is 0 Å². The molecule has 0 aliphatic carbocycles. The van der Waals surface area contributed by atoms with Crippen LogP contribution in [0.15, 0.2) is 0 Å². The molecule has 1 saturated heterocycles. The first kappa shape index (κ1) is 86.0. The predicted octanol–water partition coefficient (Wildman–Crippen LogP) is 0.475. The number of nitrogens with two attached hydrogens (primary N) is 2. The third kappa shape index (κ3) is 26.8. The van der Waals surface area contributed by atoms with Crippen LogP contribution in [0.25, 0.3) is 0 Å². The lowest BCUT2D eigenvalue weighted by atomic mass is 9.94. The molecule has 29 nitrogen and oxygen atoms in total. The molecule has 12 amide bonds. The Morgan fingerprint density at radius 2 is 0.758 bits per heavy atom. The van der Waals surface area contributed by atoms with E-state index in [0.29, 0.717) is 77.2 Å². The lowest BCUT2D eigenvalue weighted by Gasteiger charge is -2.34. The number of aliphatic hydroxyl groups is 1. The largest absolute Gasteiger partial charge is 0.480 e. The van der Waals surface area contributed by atoms with Crippen molar-refractivity contribution >= 4 is 76.9 Å². The molecule has 95 heavy (non-hydrogen) atoms. The number of rotatable bonds is 45. The molecule has 0 aromatic rings. The van der Waals surface area contributed by atoms with Crippen molar-refractivity contribution in [3.63, 3.8) is 0 Å². The van der Waals surface area contributed by atoms with E-state index in [1.807, 2.05) is 20.8 Å². The van der Waals surface area contributed by atoms with Gasteiger partial charge in [-0.25, -0.2) is 4.79 Å². The molecule has 0 aromatic heterocycles. The van der Waals surface area contributed by atoms with Gasteiger partial charge >= 0.3 is 5.97 Å². The van der Waals surface area contributed by atoms with Crippen LogP contribution in [0.2, 0.25) is 0 Å². The van der Waals surface area contributed by atoms with Crippen LogP contribution in [0.1, 0.15) is 194 Å². The molecule has 0 aromatic carbocycles. The minimum Gasteiger partial charge on any atom is -0.480 e. The maximum absolute atomic E-state index is 14.5. The number of likely N-dealkylation sites (tertiary alicyclic amines) is 1. The molecule has 0 bridgehead atoms. The number of nitrogens with one attached hydrogen (secondary N) is 11. The summed E-state index contributed by atoms with van der Waals surface area (Å²) in [4.78, 5) is 181. The van der Waals surface area contributed by atoms with Crippen LogP contribution in [0, 0.1) is 47.3 Å². The molecule has 1 rings (SSSR count). The van der Waals surface area contributed by atoms with E-state index in [9.17, 15) is 72.5 Å². The summed E-state index contributed by atoms with van der Waals surface area (Å²) in [6.07, 6.45) is 5.04. The monoisotopic (exact) mass is 1350 g/mol. The second-order valence-electron chi connectivity index (χ2n) is 26.1. The van der Waals surface area contributed by atoms with Crippen molar-refractivity contribution in [3.05, 3.63) is 0 Å². The zero-order valence-corrected chi connectivity index (χ0v) is 59.5. The molecule has 17 N–H and O–H groups in total. The Labute approximate surface area is 563 Å². The molecule has 29 heteroatoms. The van der Waals surface area contributed by atoms with E-state index in [0.717, 1.165) is 0 Å². The van der Waals surface area contributed by atoms with Gasteiger partial charge in [0, 0.05) is 6.54 Å². The van der Waals surface area contributed by atoms with Gasteiger partial charge in [-0.2, -0.15) is 0 Å². The van der Waals surface area contributed by atoms with Gasteiger partial charge in [-0.3, -0.25) is 57.5 Å². The SMILES string of the molecule is CC[C@H](C)[C@H](NC(=O)[C@@H](NC(=O)[C@H](CCCCN)NC(=O)CNC(=O)[C@@H](NC(=O)[C@@H](NC(=O)[C@H](CO)NC(=O)[C@@H](NC(=O)[C@@H](NC(=O)[C@@H]1CCCN1C(=O)[C@@H](NC(=O)[C@@H](NC(=O)CN)[C@@H](C)CC)[C@@H](C)CC)[C@@H](C)CC)[C@@H](C)CC)[C@@H](C)CC)[C@@H](C)CC)[C@@H](C)CC)C(=O)O. The molecule has 1 aliphatic heterocycles. The third-order valence-electron chi connectivity index (χ3n) is 19.2. The Morgan fingerprint density at radius 3 is 1.16 bits per heavy atom. The van der Waals surface area contributed by atoms with Gasteiger partial charge in [-0.15, -0.1) is 0 Å². The Morgan fingerprint density at radius 1 is 0.411 bits per heavy atom. The van der Waals surface area contributed by atoms with Crippen molar-refractivity contribution in [2.24, 2.45) is 58.8 Å². The minimum absolute atomic E-state index is 0.104. The summed E-state index contributed by atoms with van der Waals surface area (Å²) < 4.78 is 0. The number of nitrogens with zero attached hydrogens (tertiary/aromatic N) is 1. The van der Waals surface area contributed by atoms with E-state index >= 15 is 0 Å². The zero-order valence-electron chi connectivity index (χ0n) is 59.5. The number of aliphatic carboxylic acids is 1. The number of hydrogen-bond donors (Lipinski definition) is 15. The van der Waals surface area contributed by atoms with Gasteiger partial charge < -0.3 is 85.1 Å². The fourth-order valence-electron chi connectivity index (χ4n) is 10.8. The van der Waals surface area contributed by atoms with Crippen molar-refractivity contribution in [1.82, 2.24) is 63.4 Å². The zero-order chi connectivity index (χ0) is 72.6. The van der Waals surface area contributed by atoms with Crippen LogP contribution in [0.5, 0.6) is 0 Å². The summed E-state index contributed by atoms with van der Waals surface area (Å²) >= 11 is 0. The molecule has 19 atom stereocenters. The fraction of sp³-hybridized carbons (Fsp3) is 0.803. The van der Waals surface area contributed by atoms with E-state index < -0.39 is 192 Å². The fourth-order valence-corrected chi connectivity index (χ4v) is 10.8. The average Bonchev–Trinajstić information content (AvgIpc) is 1.76. The van der Waals surface area contributed by atoms with Crippen molar-refractivity contribution in [2.75, 3.05) is 32.8 Å². The number of hydrogen-bond acceptors (Lipinski definition) is 16. The number of carboxylic acid groups (broad SMARTS) is 1. The number of amides is 12. The van der Waals surface area contributed by atoms with Crippen molar-refractivity contribution < 1.29 is 72.5 Å². The standard InChI is InChI=1S/C66H120N14O15/c1-17-35(9)48(59(87)69-33-47(83)70-43(28-25-26-30-67)56(84)73-52(39(13)21-5)64(92)79-55(66(94)95)42(16)24-8)76-62(90)51(38(12)20-4)74-57(85)44(34-81)71-60(88)50(37(11)19-3)77-63(91)53(40(14)22-6)75-58(86)45-29-27-31-80(45)65(93)54(41(15)23-7)78-61(89)49(36(10)18-2)72-46(82)32-68/h35-45,48-55,81H,17-34,67-68H2,1-16H3,(H,69,87)(H,70,83)(H,71,88)(H,72,82)(H,73,84)(H,74,85)(H,75,86)(H,76,90)(H,77,91)(H,78,89)(H,79,92)(H,94,95)/t35-,36-,37-,38-,39-,40-,41-,42-,43-,44-,45-,48-,49-,50-,51-,52-,53-,54-,55-/m0/s1. The quantitative estimate of drug-likeness (QED) is 0.0369. The molecule has 0 saturated carbocycles. The first-order chi connectivity index (χ1) is 44.8. The third-order valence-corrected chi connectivity index (χ3v) is 19.2. The normalized spacial score (nSPS) is 18.7. The minimum atomic E-state index is -1.67. The summed E-state index contributed by atoms with van der Waals surface area (Å²) in [7, 11) is 0. The highest BCUT2D eigenvalue weighted by Crippen LogP contribution is 2.24. The average molecular weight is 1350 g/mol. The maximum atomic E-state index is 14.5. The van der Waals surface area contributed by atoms with E-state index in [2.05, 4.69) is 58.5 Å². The molecule has 0 radical (unpaired) electrons. The van der Waals surface area contributed by atoms with Crippen LogP contribution >= 0.6 is 0 Å². The highest BCUT2D eigenvalue weighted by molar-refractivity contribution is 5.99. The van der Waals surface area contributed by atoms with E-state index in [-0.39, 0.29) is 37.8 Å². The number of aliphatic hydroxyl groups excluding tert-OH is 1.